The third-order valence-corrected chi connectivity index (χ3v) is 9.43. The number of hydrogen-bond acceptors (Lipinski definition) is 6. The number of benzene rings is 1. The van der Waals surface area contributed by atoms with Crippen LogP contribution in [0.5, 0.6) is 5.75 Å². The molecule has 0 saturated heterocycles. The highest BCUT2D eigenvalue weighted by atomic mass is 35.5. The summed E-state index contributed by atoms with van der Waals surface area (Å²) >= 11 is 6.05. The summed E-state index contributed by atoms with van der Waals surface area (Å²) in [6, 6.07) is 5.11. The lowest BCUT2D eigenvalue weighted by Gasteiger charge is -2.52. The van der Waals surface area contributed by atoms with Gasteiger partial charge in [0.25, 0.3) is 0 Å². The van der Waals surface area contributed by atoms with Gasteiger partial charge in [-0.1, -0.05) is 11.6 Å². The molecule has 5 aliphatic rings. The molecule has 1 N–H and O–H groups in total. The first kappa shape index (κ1) is 25.3. The van der Waals surface area contributed by atoms with E-state index < -0.39 is 24.4 Å². The number of aromatic nitrogens is 1. The Morgan fingerprint density at radius 2 is 1.89 bits per heavy atom. The Kier molecular flexibility index (Phi) is 6.16. The lowest BCUT2D eigenvalue weighted by Crippen LogP contribution is -2.46. The highest BCUT2D eigenvalue weighted by molar-refractivity contribution is 6.30. The second-order valence-corrected chi connectivity index (χ2v) is 12.2. The van der Waals surface area contributed by atoms with Crippen molar-refractivity contribution in [3.63, 3.8) is 0 Å². The fraction of sp³-hybridized carbons (Fsp3) is 0.643. The number of ketones is 1. The number of oxazole rings is 1. The quantitative estimate of drug-likeness (QED) is 0.428. The third kappa shape index (κ3) is 4.81. The number of aliphatic hydroxyl groups excluding tert-OH is 1. The number of rotatable bonds is 7. The van der Waals surface area contributed by atoms with E-state index in [0.29, 0.717) is 35.6 Å². The molecule has 2 bridgehead atoms. The number of alkyl halides is 2. The van der Waals surface area contributed by atoms with Crippen LogP contribution in [0.3, 0.4) is 0 Å². The van der Waals surface area contributed by atoms with E-state index in [1.807, 2.05) is 0 Å². The number of halogens is 3. The molecule has 7 rings (SSSR count). The van der Waals surface area contributed by atoms with Gasteiger partial charge >= 0.3 is 6.11 Å². The van der Waals surface area contributed by atoms with Crippen LogP contribution in [0.2, 0.25) is 5.02 Å². The molecule has 4 aliphatic carbocycles. The van der Waals surface area contributed by atoms with Gasteiger partial charge in [-0.05, 0) is 75.0 Å². The molecule has 0 unspecified atom stereocenters. The van der Waals surface area contributed by atoms with Crippen molar-refractivity contribution < 1.29 is 32.6 Å². The van der Waals surface area contributed by atoms with E-state index in [1.54, 1.807) is 24.4 Å². The lowest BCUT2D eigenvalue weighted by atomic mass is 9.52. The first-order chi connectivity index (χ1) is 17.5. The van der Waals surface area contributed by atoms with Crippen LogP contribution in [0.4, 0.5) is 8.78 Å². The minimum atomic E-state index is -3.11. The Labute approximate surface area is 219 Å². The Hall–Kier alpha value is -2.03. The third-order valence-electron chi connectivity index (χ3n) is 9.20. The number of fused-ring (bicyclic) bond motifs is 4. The van der Waals surface area contributed by atoms with Gasteiger partial charge in [0.05, 0.1) is 18.4 Å². The molecule has 4 fully saturated rings. The van der Waals surface area contributed by atoms with Crippen molar-refractivity contribution in [3.05, 3.63) is 46.6 Å². The van der Waals surface area contributed by atoms with E-state index in [2.05, 4.69) is 4.98 Å². The largest absolute Gasteiger partial charge is 0.482 e. The smallest absolute Gasteiger partial charge is 0.353 e. The number of nitrogens with zero attached hydrogens (tertiary/aromatic N) is 1. The van der Waals surface area contributed by atoms with E-state index in [9.17, 15) is 18.7 Å². The van der Waals surface area contributed by atoms with Crippen molar-refractivity contribution in [3.8, 4) is 5.75 Å². The summed E-state index contributed by atoms with van der Waals surface area (Å²) in [5, 5.41) is 11.1. The second kappa shape index (κ2) is 9.02. The molecular formula is C28H32ClF2NO5. The lowest BCUT2D eigenvalue weighted by molar-refractivity contribution is -0.264. The number of ether oxygens (including phenoxy) is 2. The van der Waals surface area contributed by atoms with Crippen molar-refractivity contribution in [1.82, 2.24) is 4.98 Å². The average Bonchev–Trinajstić information content (AvgIpc) is 3.32. The highest BCUT2D eigenvalue weighted by Gasteiger charge is 2.53. The summed E-state index contributed by atoms with van der Waals surface area (Å²) in [6.07, 6.45) is 4.01. The SMILES string of the molecule is CC(F)(F)OC1CC(c2cnc(C34CCC(CC(=O)[C@H]5C[C@@H](O)c6cc(Cl)ccc6O5)(CC3)CC4)o2)C1. The highest BCUT2D eigenvalue weighted by Crippen LogP contribution is 2.59. The van der Waals surface area contributed by atoms with Crippen molar-refractivity contribution in [2.45, 2.75) is 107 Å². The van der Waals surface area contributed by atoms with Crippen LogP contribution < -0.4 is 4.74 Å². The van der Waals surface area contributed by atoms with Crippen LogP contribution in [-0.4, -0.2) is 34.2 Å². The predicted octanol–water partition coefficient (Wildman–Crippen LogP) is 6.64. The monoisotopic (exact) mass is 535 g/mol. The number of hydrogen-bond donors (Lipinski definition) is 1. The minimum absolute atomic E-state index is 0.0480. The second-order valence-electron chi connectivity index (χ2n) is 11.7. The standard InChI is InChI=1S/C28H32ClF2NO5/c1-26(30,31)37-18-10-16(11-18)24-15-32-25(36-24)28-7-4-27(5-8-28,6-9-28)14-21(34)23-13-20(33)19-12-17(29)2-3-22(19)35-23/h2-3,12,15-16,18,20,23,33H,4-11,13-14H2,1H3/t16?,18?,20-,23-,27?,28?/m1/s1. The predicted molar refractivity (Wildman–Crippen MR) is 131 cm³/mol. The maximum absolute atomic E-state index is 13.3. The van der Waals surface area contributed by atoms with Crippen LogP contribution in [0, 0.1) is 5.41 Å². The average molecular weight is 536 g/mol. The van der Waals surface area contributed by atoms with Crippen molar-refractivity contribution in [2.75, 3.05) is 0 Å². The van der Waals surface area contributed by atoms with E-state index in [-0.39, 0.29) is 29.0 Å². The number of carbonyl (C=O) groups excluding carboxylic acids is 1. The van der Waals surface area contributed by atoms with E-state index in [0.717, 1.165) is 57.1 Å². The number of carbonyl (C=O) groups is 1. The fourth-order valence-corrected chi connectivity index (χ4v) is 7.04. The van der Waals surface area contributed by atoms with Gasteiger partial charge in [-0.2, -0.15) is 8.78 Å². The topological polar surface area (TPSA) is 81.8 Å². The zero-order valence-corrected chi connectivity index (χ0v) is 21.6. The maximum atomic E-state index is 13.3. The van der Waals surface area contributed by atoms with Crippen molar-refractivity contribution in [2.24, 2.45) is 5.41 Å². The van der Waals surface area contributed by atoms with Crippen LogP contribution in [0.1, 0.15) is 100 Å². The van der Waals surface area contributed by atoms with Crippen molar-refractivity contribution in [1.29, 1.82) is 0 Å². The molecule has 6 nitrogen and oxygen atoms in total. The molecule has 1 aromatic carbocycles. The molecule has 0 spiro atoms. The van der Waals surface area contributed by atoms with Crippen molar-refractivity contribution >= 4 is 17.4 Å². The summed E-state index contributed by atoms with van der Waals surface area (Å²) in [5.74, 6) is 2.16. The molecule has 1 aliphatic heterocycles. The molecule has 4 saturated carbocycles. The van der Waals surface area contributed by atoms with Gasteiger partial charge in [-0.25, -0.2) is 4.98 Å². The van der Waals surface area contributed by atoms with Crippen LogP contribution in [0.25, 0.3) is 0 Å². The Morgan fingerprint density at radius 1 is 1.19 bits per heavy atom. The van der Waals surface area contributed by atoms with Gasteiger partial charge in [0.2, 0.25) is 5.89 Å². The number of aliphatic hydroxyl groups is 1. The molecule has 2 aromatic rings. The van der Waals surface area contributed by atoms with Crippen LogP contribution in [0.15, 0.2) is 28.8 Å². The Morgan fingerprint density at radius 3 is 2.57 bits per heavy atom. The van der Waals surface area contributed by atoms with E-state index in [4.69, 9.17) is 25.5 Å². The zero-order valence-electron chi connectivity index (χ0n) is 20.9. The fourth-order valence-electron chi connectivity index (χ4n) is 6.86. The molecule has 1 aromatic heterocycles. The van der Waals surface area contributed by atoms with E-state index in [1.165, 1.54) is 0 Å². The zero-order chi connectivity index (χ0) is 26.0. The van der Waals surface area contributed by atoms with Gasteiger partial charge in [0, 0.05) is 41.7 Å². The summed E-state index contributed by atoms with van der Waals surface area (Å²) in [4.78, 5) is 17.9. The van der Waals surface area contributed by atoms with Gasteiger partial charge in [-0.15, -0.1) is 0 Å². The Balaban J connectivity index is 1.06. The van der Waals surface area contributed by atoms with Gasteiger partial charge < -0.3 is 19.0 Å². The minimum Gasteiger partial charge on any atom is -0.482 e. The molecule has 2 heterocycles. The molecule has 0 radical (unpaired) electrons. The molecule has 37 heavy (non-hydrogen) atoms. The van der Waals surface area contributed by atoms with Gasteiger partial charge in [0.15, 0.2) is 11.9 Å². The first-order valence-electron chi connectivity index (χ1n) is 13.2. The molecule has 200 valence electrons. The van der Waals surface area contributed by atoms with Crippen LogP contribution in [-0.2, 0) is 14.9 Å². The molecular weight excluding hydrogens is 504 g/mol. The molecule has 9 heteroatoms. The normalized spacial score (nSPS) is 34.9. The van der Waals surface area contributed by atoms with Crippen LogP contribution >= 0.6 is 11.6 Å². The summed E-state index contributed by atoms with van der Waals surface area (Å²) in [7, 11) is 0. The summed E-state index contributed by atoms with van der Waals surface area (Å²) in [6.45, 7) is 0.771. The maximum Gasteiger partial charge on any atom is 0.353 e. The first-order valence-corrected chi connectivity index (χ1v) is 13.6. The summed E-state index contributed by atoms with van der Waals surface area (Å²) in [5.41, 5.74) is 0.468. The molecule has 0 amide bonds. The van der Waals surface area contributed by atoms with Gasteiger partial charge in [-0.3, -0.25) is 4.79 Å². The van der Waals surface area contributed by atoms with E-state index >= 15 is 0 Å². The molecule has 2 atom stereocenters. The summed E-state index contributed by atoms with van der Waals surface area (Å²) < 4.78 is 43.1. The Bertz CT molecular complexity index is 1160. The van der Waals surface area contributed by atoms with Gasteiger partial charge in [0.1, 0.15) is 11.5 Å². The number of Topliss-reactive ketones (excluding diaryl/α,β-unsaturated/α-hetero) is 1.